The Kier molecular flexibility index (Phi) is 10.1. The third kappa shape index (κ3) is 9.03. The first-order valence-corrected chi connectivity index (χ1v) is 3.01. The van der Waals surface area contributed by atoms with Gasteiger partial charge < -0.3 is 0 Å². The maximum atomic E-state index is 9.61. The van der Waals surface area contributed by atoms with Crippen LogP contribution < -0.4 is 0 Å². The third-order valence-corrected chi connectivity index (χ3v) is 0.951. The van der Waals surface area contributed by atoms with Gasteiger partial charge in [-0.2, -0.15) is 4.21 Å². The van der Waals surface area contributed by atoms with E-state index in [0.717, 1.165) is 0 Å². The molecule has 0 rings (SSSR count). The van der Waals surface area contributed by atoms with Crippen molar-refractivity contribution in [3.63, 3.8) is 0 Å². The minimum atomic E-state index is -2.46. The zero-order valence-corrected chi connectivity index (χ0v) is 5.19. The summed E-state index contributed by atoms with van der Waals surface area (Å²) in [5.41, 5.74) is -1.33. The zero-order valence-electron chi connectivity index (χ0n) is 3.61. The van der Waals surface area contributed by atoms with Gasteiger partial charge in [0.05, 0.1) is 0 Å². The molecule has 0 saturated carbocycles. The first kappa shape index (κ1) is 12.7. The molecular weight excluding hydrogens is 179 g/mol. The molecule has 0 aliphatic rings. The second-order valence-corrected chi connectivity index (χ2v) is 1.86. The third-order valence-electron chi connectivity index (χ3n) is 0.281. The Hall–Kier alpha value is 1.03. The molecule has 9 heavy (non-hydrogen) atoms. The predicted molar refractivity (Wildman–Crippen MR) is 34.7 cm³/mol. The van der Waals surface area contributed by atoms with Crippen molar-refractivity contribution in [2.75, 3.05) is 0 Å². The number of hydrogen-bond acceptors (Lipinski definition) is 3. The van der Waals surface area contributed by atoms with Crippen LogP contribution in [0.1, 0.15) is 0 Å². The Bertz CT molecular complexity index is 109. The van der Waals surface area contributed by atoms with Gasteiger partial charge in [0.25, 0.3) is 0 Å². The van der Waals surface area contributed by atoms with Gasteiger partial charge in [0.2, 0.25) is 5.56 Å². The molecule has 0 aromatic carbocycles. The Labute approximate surface area is 81.7 Å². The molecule has 0 bridgehead atoms. The number of rotatable bonds is 3. The van der Waals surface area contributed by atoms with E-state index in [2.05, 4.69) is 4.18 Å². The second-order valence-electron chi connectivity index (χ2n) is 0.801. The molecule has 50 valence electrons. The van der Waals surface area contributed by atoms with Crippen molar-refractivity contribution in [1.82, 2.24) is 0 Å². The van der Waals surface area contributed by atoms with Crippen LogP contribution in [0.15, 0.2) is 0 Å². The summed E-state index contributed by atoms with van der Waals surface area (Å²) in [7, 11) is 0. The van der Waals surface area contributed by atoms with Crippen molar-refractivity contribution in [2.45, 2.75) is 5.56 Å². The van der Waals surface area contributed by atoms with Crippen LogP contribution in [0.2, 0.25) is 0 Å². The van der Waals surface area contributed by atoms with Crippen molar-refractivity contribution in [3.8, 4) is 0 Å². The number of aldehydes is 1. The van der Waals surface area contributed by atoms with Gasteiger partial charge in [0, 0.05) is 0 Å². The molecule has 0 amide bonds. The quantitative estimate of drug-likeness (QED) is 0.270. The van der Waals surface area contributed by atoms with Gasteiger partial charge in [-0.15, -0.1) is 0 Å². The van der Waals surface area contributed by atoms with Crippen molar-refractivity contribution in [1.29, 1.82) is 0 Å². The molecule has 0 saturated heterocycles. The van der Waals surface area contributed by atoms with Crippen LogP contribution in [-0.4, -0.2) is 50.2 Å². The summed E-state index contributed by atoms with van der Waals surface area (Å²) in [6.07, 6.45) is 0.204. The van der Waals surface area contributed by atoms with E-state index in [1.54, 1.807) is 0 Å². The molecule has 4 nitrogen and oxygen atoms in total. The van der Waals surface area contributed by atoms with E-state index in [9.17, 15) is 9.00 Å². The van der Waals surface area contributed by atoms with E-state index >= 15 is 0 Å². The first-order valence-electron chi connectivity index (χ1n) is 1.54. The molecule has 0 aromatic rings. The van der Waals surface area contributed by atoms with Crippen LogP contribution in [0.5, 0.6) is 0 Å². The summed E-state index contributed by atoms with van der Waals surface area (Å²) >= 11 is 2.46. The van der Waals surface area contributed by atoms with Crippen LogP contribution in [0.25, 0.3) is 0 Å². The summed E-state index contributed by atoms with van der Waals surface area (Å²) in [5.74, 6) is 0. The molecule has 0 heterocycles. The van der Waals surface area contributed by atoms with Crippen molar-refractivity contribution in [3.05, 3.63) is 0 Å². The molecule has 2 atom stereocenters. The molecule has 2 unspecified atom stereocenters. The predicted octanol–water partition coefficient (Wildman–Crippen LogP) is -0.745. The fraction of sp³-hybridized carbons (Fsp3) is 0.500. The van der Waals surface area contributed by atoms with E-state index in [1.807, 2.05) is 0 Å². The van der Waals surface area contributed by atoms with Gasteiger partial charge in [0.15, 0.2) is 6.29 Å². The minimum absolute atomic E-state index is 0. The number of hydrogen-bond donors (Lipinski definition) is 1. The number of carbonyl (C=O) groups excluding carboxylic acids is 1. The van der Waals surface area contributed by atoms with Gasteiger partial charge in [-0.1, -0.05) is 11.6 Å². The van der Waals surface area contributed by atoms with Crippen molar-refractivity contribution < 1.29 is 17.7 Å². The van der Waals surface area contributed by atoms with E-state index < -0.39 is 16.9 Å². The SMILES string of the molecule is O=CC(Cl)OS(=O)O.[NaH]. The molecule has 0 aromatic heterocycles. The molecule has 0 fully saturated rings. The average molecular weight is 183 g/mol. The summed E-state index contributed by atoms with van der Waals surface area (Å²) in [5, 5.41) is 0. The van der Waals surface area contributed by atoms with Crippen LogP contribution in [0.4, 0.5) is 0 Å². The fourth-order valence-electron chi connectivity index (χ4n) is 0.101. The number of carbonyl (C=O) groups is 1. The van der Waals surface area contributed by atoms with Crippen LogP contribution in [-0.2, 0) is 20.3 Å². The Morgan fingerprint density at radius 3 is 2.33 bits per heavy atom. The Morgan fingerprint density at radius 1 is 1.78 bits per heavy atom. The molecule has 1 N–H and O–H groups in total. The van der Waals surface area contributed by atoms with Gasteiger partial charge >= 0.3 is 40.9 Å². The molecular formula is C2H4ClNaO4S. The van der Waals surface area contributed by atoms with Gasteiger partial charge in [-0.3, -0.25) is 9.35 Å². The molecule has 0 spiro atoms. The summed E-state index contributed by atoms with van der Waals surface area (Å²) in [6, 6.07) is 0. The summed E-state index contributed by atoms with van der Waals surface area (Å²) < 4.78 is 21.3. The molecule has 0 aliphatic heterocycles. The number of alkyl halides is 1. The topological polar surface area (TPSA) is 63.6 Å². The normalized spacial score (nSPS) is 15.3. The average Bonchev–Trinajstić information content (AvgIpc) is 1.65. The van der Waals surface area contributed by atoms with Gasteiger partial charge in [-0.05, 0) is 0 Å². The van der Waals surface area contributed by atoms with Crippen molar-refractivity contribution in [2.24, 2.45) is 0 Å². The number of halogens is 1. The Balaban J connectivity index is 0. The monoisotopic (exact) mass is 182 g/mol. The standard InChI is InChI=1S/C2H3ClO4S.Na.H/c3-2(1-4)7-8(5)6;;/h1-2H,(H,5,6);;. The zero-order chi connectivity index (χ0) is 6.57. The molecule has 7 heteroatoms. The van der Waals surface area contributed by atoms with Crippen LogP contribution in [0.3, 0.4) is 0 Å². The molecule has 0 radical (unpaired) electrons. The summed E-state index contributed by atoms with van der Waals surface area (Å²) in [6.45, 7) is 0. The Morgan fingerprint density at radius 2 is 2.22 bits per heavy atom. The van der Waals surface area contributed by atoms with E-state index in [-0.39, 0.29) is 35.8 Å². The fourth-order valence-corrected chi connectivity index (χ4v) is 0.491. The van der Waals surface area contributed by atoms with E-state index in [0.29, 0.717) is 0 Å². The second kappa shape index (κ2) is 7.14. The van der Waals surface area contributed by atoms with E-state index in [1.165, 1.54) is 0 Å². The van der Waals surface area contributed by atoms with Crippen LogP contribution in [0, 0.1) is 0 Å². The van der Waals surface area contributed by atoms with Crippen molar-refractivity contribution >= 4 is 58.8 Å². The van der Waals surface area contributed by atoms with Crippen LogP contribution >= 0.6 is 11.6 Å². The van der Waals surface area contributed by atoms with Gasteiger partial charge in [0.1, 0.15) is 0 Å². The maximum absolute atomic E-state index is 9.61. The van der Waals surface area contributed by atoms with Gasteiger partial charge in [-0.25, -0.2) is 4.18 Å². The summed E-state index contributed by atoms with van der Waals surface area (Å²) in [4.78, 5) is 9.54. The first-order chi connectivity index (χ1) is 3.66. The van der Waals surface area contributed by atoms with E-state index in [4.69, 9.17) is 16.2 Å². The molecule has 0 aliphatic carbocycles.